The first-order valence-electron chi connectivity index (χ1n) is 4.19. The molecule has 88 valence electrons. The van der Waals surface area contributed by atoms with Gasteiger partial charge in [0.25, 0.3) is 5.56 Å². The molecule has 16 heavy (non-hydrogen) atoms. The summed E-state index contributed by atoms with van der Waals surface area (Å²) in [6, 6.07) is 0. The molecule has 0 amide bonds. The number of nitrogens with zero attached hydrogens (tertiary/aromatic N) is 1. The van der Waals surface area contributed by atoms with E-state index >= 15 is 0 Å². The fourth-order valence-corrected chi connectivity index (χ4v) is 1.35. The van der Waals surface area contributed by atoms with Crippen LogP contribution in [0.4, 0.5) is 0 Å². The zero-order valence-corrected chi connectivity index (χ0v) is 9.81. The van der Waals surface area contributed by atoms with Crippen LogP contribution in [0.1, 0.15) is 6.92 Å². The maximum absolute atomic E-state index is 11.3. The van der Waals surface area contributed by atoms with Crippen LogP contribution in [0.5, 0.6) is 0 Å². The Hall–Kier alpha value is -1.41. The lowest BCUT2D eigenvalue weighted by Gasteiger charge is -2.18. The van der Waals surface area contributed by atoms with Gasteiger partial charge in [0.15, 0.2) is 5.60 Å². The molecule has 3 N–H and O–H groups in total. The van der Waals surface area contributed by atoms with Gasteiger partial charge in [0.1, 0.15) is 0 Å². The van der Waals surface area contributed by atoms with Gasteiger partial charge in [0.2, 0.25) is 0 Å². The molecule has 0 saturated heterocycles. The number of aromatic amines is 1. The molecule has 0 radical (unpaired) electrons. The molecule has 1 aromatic heterocycles. The third-order valence-corrected chi connectivity index (χ3v) is 2.47. The van der Waals surface area contributed by atoms with Crippen LogP contribution >= 0.6 is 15.9 Å². The van der Waals surface area contributed by atoms with Gasteiger partial charge in [-0.25, -0.2) is 9.59 Å². The fourth-order valence-electron chi connectivity index (χ4n) is 0.999. The van der Waals surface area contributed by atoms with E-state index in [0.29, 0.717) is 0 Å². The molecular formula is C8H9BrN2O5. The summed E-state index contributed by atoms with van der Waals surface area (Å²) in [5.41, 5.74) is -3.48. The van der Waals surface area contributed by atoms with Crippen molar-refractivity contribution in [2.45, 2.75) is 19.1 Å². The van der Waals surface area contributed by atoms with Crippen molar-refractivity contribution < 1.29 is 15.0 Å². The van der Waals surface area contributed by atoms with Gasteiger partial charge in [-0.1, -0.05) is 0 Å². The summed E-state index contributed by atoms with van der Waals surface area (Å²) in [5, 5.41) is 18.1. The van der Waals surface area contributed by atoms with Gasteiger partial charge in [-0.3, -0.25) is 14.3 Å². The highest BCUT2D eigenvalue weighted by Gasteiger charge is 2.30. The standard InChI is InChI=1S/C8H9BrN2O5/c1-8(16,6(13)14)3-11-2-4(9)5(12)10-7(11)15/h2,16H,3H2,1H3,(H,13,14)(H,10,12,15). The van der Waals surface area contributed by atoms with Crippen LogP contribution < -0.4 is 11.2 Å². The van der Waals surface area contributed by atoms with Crippen molar-refractivity contribution in [1.82, 2.24) is 9.55 Å². The summed E-state index contributed by atoms with van der Waals surface area (Å²) in [4.78, 5) is 34.9. The molecule has 1 unspecified atom stereocenters. The molecule has 7 nitrogen and oxygen atoms in total. The second-order valence-electron chi connectivity index (χ2n) is 3.44. The average Bonchev–Trinajstić information content (AvgIpc) is 2.13. The van der Waals surface area contributed by atoms with Crippen molar-refractivity contribution in [2.75, 3.05) is 0 Å². The lowest BCUT2D eigenvalue weighted by Crippen LogP contribution is -2.43. The SMILES string of the molecule is CC(O)(Cn1cc(Br)c(=O)[nH]c1=O)C(=O)O. The molecule has 8 heteroatoms. The van der Waals surface area contributed by atoms with Crippen molar-refractivity contribution in [2.24, 2.45) is 0 Å². The van der Waals surface area contributed by atoms with Crippen molar-refractivity contribution in [3.63, 3.8) is 0 Å². The number of hydrogen-bond acceptors (Lipinski definition) is 4. The van der Waals surface area contributed by atoms with Crippen LogP contribution in [-0.2, 0) is 11.3 Å². The average molecular weight is 293 g/mol. The van der Waals surface area contributed by atoms with Crippen molar-refractivity contribution in [1.29, 1.82) is 0 Å². The van der Waals surface area contributed by atoms with E-state index in [9.17, 15) is 19.5 Å². The number of aromatic nitrogens is 2. The number of hydrogen-bond donors (Lipinski definition) is 3. The largest absolute Gasteiger partial charge is 0.479 e. The number of carboxylic acids is 1. The van der Waals surface area contributed by atoms with Gasteiger partial charge in [-0.05, 0) is 22.9 Å². The number of aliphatic carboxylic acids is 1. The quantitative estimate of drug-likeness (QED) is 0.671. The van der Waals surface area contributed by atoms with Gasteiger partial charge in [-0.2, -0.15) is 0 Å². The minimum Gasteiger partial charge on any atom is -0.479 e. The van der Waals surface area contributed by atoms with Crippen molar-refractivity contribution >= 4 is 21.9 Å². The molecule has 0 aliphatic heterocycles. The number of rotatable bonds is 3. The first-order chi connectivity index (χ1) is 7.24. The molecule has 0 aliphatic rings. The Labute approximate surface area is 97.5 Å². The van der Waals surface area contributed by atoms with E-state index in [0.717, 1.165) is 17.7 Å². The van der Waals surface area contributed by atoms with Gasteiger partial charge < -0.3 is 10.2 Å². The summed E-state index contributed by atoms with van der Waals surface area (Å²) >= 11 is 2.89. The Bertz CT molecular complexity index is 530. The molecule has 0 saturated carbocycles. The molecule has 1 rings (SSSR count). The molecule has 1 aromatic rings. The smallest absolute Gasteiger partial charge is 0.337 e. The molecule has 0 aliphatic carbocycles. The third-order valence-electron chi connectivity index (χ3n) is 1.91. The zero-order chi connectivity index (χ0) is 12.5. The van der Waals surface area contributed by atoms with E-state index in [-0.39, 0.29) is 4.47 Å². The Balaban J connectivity index is 3.17. The van der Waals surface area contributed by atoms with Crippen LogP contribution in [0.3, 0.4) is 0 Å². The first-order valence-corrected chi connectivity index (χ1v) is 4.98. The van der Waals surface area contributed by atoms with E-state index in [1.807, 2.05) is 4.98 Å². The number of aliphatic hydroxyl groups is 1. The maximum atomic E-state index is 11.3. The Morgan fingerprint density at radius 3 is 2.69 bits per heavy atom. The molecule has 0 spiro atoms. The van der Waals surface area contributed by atoms with E-state index in [1.165, 1.54) is 0 Å². The topological polar surface area (TPSA) is 112 Å². The zero-order valence-electron chi connectivity index (χ0n) is 8.23. The van der Waals surface area contributed by atoms with Gasteiger partial charge in [0, 0.05) is 6.20 Å². The summed E-state index contributed by atoms with van der Waals surface area (Å²) < 4.78 is 0.980. The maximum Gasteiger partial charge on any atom is 0.337 e. The second kappa shape index (κ2) is 4.22. The highest BCUT2D eigenvalue weighted by atomic mass is 79.9. The predicted molar refractivity (Wildman–Crippen MR) is 57.3 cm³/mol. The van der Waals surface area contributed by atoms with Crippen LogP contribution in [-0.4, -0.2) is 31.3 Å². The van der Waals surface area contributed by atoms with Crippen molar-refractivity contribution in [3.05, 3.63) is 31.5 Å². The van der Waals surface area contributed by atoms with Gasteiger partial charge in [0.05, 0.1) is 11.0 Å². The Morgan fingerprint density at radius 1 is 1.62 bits per heavy atom. The van der Waals surface area contributed by atoms with Gasteiger partial charge >= 0.3 is 11.7 Å². The molecular weight excluding hydrogens is 284 g/mol. The van der Waals surface area contributed by atoms with E-state index in [1.54, 1.807) is 0 Å². The molecule has 0 aromatic carbocycles. The first kappa shape index (κ1) is 12.7. The molecule has 0 fully saturated rings. The lowest BCUT2D eigenvalue weighted by molar-refractivity contribution is -0.158. The monoisotopic (exact) mass is 292 g/mol. The molecule has 1 atom stereocenters. The Morgan fingerprint density at radius 2 is 2.19 bits per heavy atom. The molecule has 1 heterocycles. The summed E-state index contributed by atoms with van der Waals surface area (Å²) in [6.45, 7) is 0.595. The van der Waals surface area contributed by atoms with E-state index < -0.39 is 29.4 Å². The number of nitrogens with one attached hydrogen (secondary N) is 1. The summed E-state index contributed by atoms with van der Waals surface area (Å²) in [7, 11) is 0. The normalized spacial score (nSPS) is 14.4. The van der Waals surface area contributed by atoms with Gasteiger partial charge in [-0.15, -0.1) is 0 Å². The highest BCUT2D eigenvalue weighted by Crippen LogP contribution is 2.07. The van der Waals surface area contributed by atoms with Crippen molar-refractivity contribution in [3.8, 4) is 0 Å². The number of halogens is 1. The van der Waals surface area contributed by atoms with E-state index in [2.05, 4.69) is 15.9 Å². The minimum atomic E-state index is -2.08. The minimum absolute atomic E-state index is 0.0771. The molecule has 0 bridgehead atoms. The fraction of sp³-hybridized carbons (Fsp3) is 0.375. The van der Waals surface area contributed by atoms with E-state index in [4.69, 9.17) is 5.11 Å². The summed E-state index contributed by atoms with van der Waals surface area (Å²) in [5.74, 6) is -1.46. The number of carbonyl (C=O) groups is 1. The summed E-state index contributed by atoms with van der Waals surface area (Å²) in [6.07, 6.45) is 1.12. The predicted octanol–water partition coefficient (Wildman–Crippen LogP) is -0.865. The third kappa shape index (κ3) is 2.58. The van der Waals surface area contributed by atoms with Crippen LogP contribution in [0.15, 0.2) is 20.3 Å². The lowest BCUT2D eigenvalue weighted by atomic mass is 10.1. The van der Waals surface area contributed by atoms with Crippen LogP contribution in [0, 0.1) is 0 Å². The van der Waals surface area contributed by atoms with Crippen LogP contribution in [0.2, 0.25) is 0 Å². The Kier molecular flexibility index (Phi) is 3.34. The number of carboxylic acid groups (broad SMARTS) is 1. The van der Waals surface area contributed by atoms with Crippen LogP contribution in [0.25, 0.3) is 0 Å². The highest BCUT2D eigenvalue weighted by molar-refractivity contribution is 9.10. The number of H-pyrrole nitrogens is 1. The second-order valence-corrected chi connectivity index (χ2v) is 4.30.